The minimum atomic E-state index is -0.535. The molecule has 3 heterocycles. The predicted molar refractivity (Wildman–Crippen MR) is 118 cm³/mol. The Hall–Kier alpha value is -2.71. The average Bonchev–Trinajstić information content (AvgIpc) is 3.19. The molecule has 164 valence electrons. The maximum Gasteiger partial charge on any atom is 0.361 e. The van der Waals surface area contributed by atoms with E-state index in [9.17, 15) is 4.79 Å². The number of likely N-dealkylation sites (tertiary alicyclic amines) is 1. The molecule has 1 aromatic carbocycles. The quantitative estimate of drug-likeness (QED) is 0.546. The third-order valence-electron chi connectivity index (χ3n) is 5.50. The lowest BCUT2D eigenvalue weighted by atomic mass is 9.96. The maximum atomic E-state index is 12.2. The zero-order valence-corrected chi connectivity index (χ0v) is 18.5. The molecule has 9 heteroatoms. The number of halogens is 1. The molecular formula is C22H26ClN5O3. The largest absolute Gasteiger partial charge is 0.461 e. The molecule has 0 bridgehead atoms. The Morgan fingerprint density at radius 2 is 2.00 bits per heavy atom. The molecule has 31 heavy (non-hydrogen) atoms. The van der Waals surface area contributed by atoms with Gasteiger partial charge in [0.2, 0.25) is 5.69 Å². The fraction of sp³-hybridized carbons (Fsp3) is 0.455. The number of nitrogens with zero attached hydrogens (tertiary/aromatic N) is 4. The van der Waals surface area contributed by atoms with Crippen LogP contribution in [0.15, 0.2) is 28.8 Å². The van der Waals surface area contributed by atoms with Crippen LogP contribution in [-0.4, -0.2) is 52.2 Å². The highest BCUT2D eigenvalue weighted by molar-refractivity contribution is 6.30. The van der Waals surface area contributed by atoms with E-state index in [2.05, 4.69) is 37.5 Å². The summed E-state index contributed by atoms with van der Waals surface area (Å²) in [5.41, 5.74) is 1.67. The summed E-state index contributed by atoms with van der Waals surface area (Å²) >= 11 is 5.98. The van der Waals surface area contributed by atoms with Gasteiger partial charge in [-0.1, -0.05) is 28.9 Å². The van der Waals surface area contributed by atoms with E-state index in [-0.39, 0.29) is 18.0 Å². The third-order valence-corrected chi connectivity index (χ3v) is 5.75. The lowest BCUT2D eigenvalue weighted by Gasteiger charge is -2.32. The summed E-state index contributed by atoms with van der Waals surface area (Å²) in [7, 11) is 0. The van der Waals surface area contributed by atoms with Crippen molar-refractivity contribution in [3.63, 3.8) is 0 Å². The standard InChI is InChI=1S/C22H26ClN5O3/c1-3-30-22(29)19-18-20(25-14(2)26-21(18)31-27-19)24-12-15-8-10-28(11-9-15)13-16-4-6-17(23)7-5-16/h4-7,15H,3,8-13H2,1-2H3,(H,24,25,26). The lowest BCUT2D eigenvalue weighted by Crippen LogP contribution is -2.35. The van der Waals surface area contributed by atoms with Gasteiger partial charge in [-0.2, -0.15) is 4.98 Å². The Morgan fingerprint density at radius 3 is 2.71 bits per heavy atom. The molecule has 3 aromatic rings. The van der Waals surface area contributed by atoms with Crippen LogP contribution in [0.4, 0.5) is 5.82 Å². The molecule has 0 amide bonds. The Balaban J connectivity index is 1.38. The van der Waals surface area contributed by atoms with Crippen molar-refractivity contribution >= 4 is 34.5 Å². The highest BCUT2D eigenvalue weighted by Crippen LogP contribution is 2.26. The molecule has 0 aliphatic carbocycles. The number of benzene rings is 1. The van der Waals surface area contributed by atoms with Crippen LogP contribution in [0, 0.1) is 12.8 Å². The molecule has 1 aliphatic heterocycles. The molecule has 0 saturated carbocycles. The zero-order valence-electron chi connectivity index (χ0n) is 17.7. The normalized spacial score (nSPS) is 15.3. The lowest BCUT2D eigenvalue weighted by molar-refractivity contribution is 0.0517. The van der Waals surface area contributed by atoms with Crippen molar-refractivity contribution in [1.82, 2.24) is 20.0 Å². The number of esters is 1. The SMILES string of the molecule is CCOC(=O)c1noc2nc(C)nc(NCC3CCN(Cc4ccc(Cl)cc4)CC3)c12. The van der Waals surface area contributed by atoms with Crippen molar-refractivity contribution in [3.05, 3.63) is 46.4 Å². The van der Waals surface area contributed by atoms with E-state index in [1.165, 1.54) is 5.56 Å². The molecular weight excluding hydrogens is 418 g/mol. The summed E-state index contributed by atoms with van der Waals surface area (Å²) in [6.07, 6.45) is 2.17. The number of carbonyl (C=O) groups is 1. The van der Waals surface area contributed by atoms with E-state index >= 15 is 0 Å². The molecule has 1 saturated heterocycles. The number of carbonyl (C=O) groups excluding carboxylic acids is 1. The Morgan fingerprint density at radius 1 is 1.26 bits per heavy atom. The summed E-state index contributed by atoms with van der Waals surface area (Å²) < 4.78 is 10.3. The molecule has 2 aromatic heterocycles. The number of anilines is 1. The van der Waals surface area contributed by atoms with Crippen molar-refractivity contribution < 1.29 is 14.1 Å². The first-order valence-electron chi connectivity index (χ1n) is 10.5. The van der Waals surface area contributed by atoms with Gasteiger partial charge in [0, 0.05) is 18.1 Å². The highest BCUT2D eigenvalue weighted by atomic mass is 35.5. The second-order valence-electron chi connectivity index (χ2n) is 7.78. The topological polar surface area (TPSA) is 93.4 Å². The minimum Gasteiger partial charge on any atom is -0.461 e. The van der Waals surface area contributed by atoms with Crippen LogP contribution in [0.5, 0.6) is 0 Å². The fourth-order valence-electron chi connectivity index (χ4n) is 3.87. The second-order valence-corrected chi connectivity index (χ2v) is 8.21. The first kappa shape index (κ1) is 21.5. The van der Waals surface area contributed by atoms with Crippen molar-refractivity contribution in [2.75, 3.05) is 31.6 Å². The van der Waals surface area contributed by atoms with Crippen LogP contribution in [-0.2, 0) is 11.3 Å². The van der Waals surface area contributed by atoms with Crippen LogP contribution in [0.2, 0.25) is 5.02 Å². The molecule has 8 nitrogen and oxygen atoms in total. The number of hydrogen-bond acceptors (Lipinski definition) is 8. The van der Waals surface area contributed by atoms with Crippen LogP contribution in [0.1, 0.15) is 41.6 Å². The van der Waals surface area contributed by atoms with Gasteiger partial charge in [-0.25, -0.2) is 9.78 Å². The number of fused-ring (bicyclic) bond motifs is 1. The Kier molecular flexibility index (Phi) is 6.67. The molecule has 4 rings (SSSR count). The average molecular weight is 444 g/mol. The molecule has 0 unspecified atom stereocenters. The van der Waals surface area contributed by atoms with Crippen molar-refractivity contribution in [1.29, 1.82) is 0 Å². The van der Waals surface area contributed by atoms with Crippen LogP contribution in [0.3, 0.4) is 0 Å². The zero-order chi connectivity index (χ0) is 21.8. The monoisotopic (exact) mass is 443 g/mol. The molecule has 0 atom stereocenters. The van der Waals surface area contributed by atoms with Gasteiger partial charge in [0.1, 0.15) is 17.0 Å². The van der Waals surface area contributed by atoms with Crippen molar-refractivity contribution in [2.24, 2.45) is 5.92 Å². The van der Waals surface area contributed by atoms with Gasteiger partial charge < -0.3 is 14.6 Å². The number of ether oxygens (including phenoxy) is 1. The van der Waals surface area contributed by atoms with Gasteiger partial charge in [0.25, 0.3) is 5.71 Å². The molecule has 1 fully saturated rings. The van der Waals surface area contributed by atoms with E-state index in [0.717, 1.165) is 44.0 Å². The van der Waals surface area contributed by atoms with Gasteiger partial charge in [0.05, 0.1) is 6.61 Å². The van der Waals surface area contributed by atoms with Gasteiger partial charge in [0.15, 0.2) is 0 Å². The summed E-state index contributed by atoms with van der Waals surface area (Å²) in [6.45, 7) is 7.56. The summed E-state index contributed by atoms with van der Waals surface area (Å²) in [4.78, 5) is 23.4. The maximum absolute atomic E-state index is 12.2. The first-order valence-corrected chi connectivity index (χ1v) is 10.9. The Labute approximate surface area is 185 Å². The predicted octanol–water partition coefficient (Wildman–Crippen LogP) is 4.08. The highest BCUT2D eigenvalue weighted by Gasteiger charge is 2.24. The number of hydrogen-bond donors (Lipinski definition) is 1. The van der Waals surface area contributed by atoms with E-state index in [1.807, 2.05) is 12.1 Å². The number of piperidine rings is 1. The summed E-state index contributed by atoms with van der Waals surface area (Å²) in [5.74, 6) is 1.10. The third kappa shape index (κ3) is 5.14. The van der Waals surface area contributed by atoms with Crippen LogP contribution >= 0.6 is 11.6 Å². The second kappa shape index (κ2) is 9.62. The molecule has 1 aliphatic rings. The summed E-state index contributed by atoms with van der Waals surface area (Å²) in [5, 5.41) is 8.50. The number of aromatic nitrogens is 3. The van der Waals surface area contributed by atoms with Gasteiger partial charge in [-0.05, 0) is 63.4 Å². The van der Waals surface area contributed by atoms with E-state index in [1.54, 1.807) is 13.8 Å². The molecule has 0 radical (unpaired) electrons. The fourth-order valence-corrected chi connectivity index (χ4v) is 3.99. The van der Waals surface area contributed by atoms with Crippen LogP contribution in [0.25, 0.3) is 11.1 Å². The van der Waals surface area contributed by atoms with E-state index < -0.39 is 5.97 Å². The van der Waals surface area contributed by atoms with E-state index in [0.29, 0.717) is 22.9 Å². The van der Waals surface area contributed by atoms with Crippen molar-refractivity contribution in [2.45, 2.75) is 33.2 Å². The smallest absolute Gasteiger partial charge is 0.361 e. The minimum absolute atomic E-state index is 0.108. The Bertz CT molecular complexity index is 1050. The molecule has 1 N–H and O–H groups in total. The molecule has 0 spiro atoms. The number of aryl methyl sites for hydroxylation is 1. The van der Waals surface area contributed by atoms with Crippen LogP contribution < -0.4 is 5.32 Å². The first-order chi connectivity index (χ1) is 15.0. The van der Waals surface area contributed by atoms with Crippen molar-refractivity contribution in [3.8, 4) is 0 Å². The van der Waals surface area contributed by atoms with E-state index in [4.69, 9.17) is 20.9 Å². The van der Waals surface area contributed by atoms with Gasteiger partial charge in [-0.3, -0.25) is 4.90 Å². The number of rotatable bonds is 7. The summed E-state index contributed by atoms with van der Waals surface area (Å²) in [6, 6.07) is 8.04. The van der Waals surface area contributed by atoms with Gasteiger partial charge >= 0.3 is 5.97 Å². The van der Waals surface area contributed by atoms with Gasteiger partial charge in [-0.15, -0.1) is 0 Å². The number of nitrogens with one attached hydrogen (secondary N) is 1.